The highest BCUT2D eigenvalue weighted by Gasteiger charge is 2.22. The smallest absolute Gasteiger partial charge is 0.233 e. The molecule has 1 aliphatic heterocycles. The molecule has 2 atom stereocenters. The van der Waals surface area contributed by atoms with Crippen molar-refractivity contribution in [1.29, 1.82) is 0 Å². The molecule has 0 saturated carbocycles. The quantitative estimate of drug-likeness (QED) is 0.845. The van der Waals surface area contributed by atoms with Gasteiger partial charge < -0.3 is 9.88 Å². The molecule has 2 heterocycles. The Bertz CT molecular complexity index is 686. The molecule has 0 aliphatic carbocycles. The first-order valence-corrected chi connectivity index (χ1v) is 9.47. The molecule has 1 aromatic carbocycles. The fourth-order valence-electron chi connectivity index (χ4n) is 2.91. The van der Waals surface area contributed by atoms with Crippen molar-refractivity contribution in [3.8, 4) is 0 Å². The van der Waals surface area contributed by atoms with Crippen LogP contribution in [0.3, 0.4) is 0 Å². The van der Waals surface area contributed by atoms with Crippen molar-refractivity contribution < 1.29 is 4.79 Å². The monoisotopic (exact) mass is 344 g/mol. The van der Waals surface area contributed by atoms with Gasteiger partial charge in [-0.3, -0.25) is 4.79 Å². The Morgan fingerprint density at radius 2 is 1.96 bits per heavy atom. The summed E-state index contributed by atoms with van der Waals surface area (Å²) in [6.07, 6.45) is 4.55. The largest absolute Gasteiger partial charge is 0.349 e. The molecule has 0 spiro atoms. The Balaban J connectivity index is 1.61. The molecule has 6 heteroatoms. The summed E-state index contributed by atoms with van der Waals surface area (Å²) >= 11 is 1.50. The maximum atomic E-state index is 12.5. The second-order valence-corrected chi connectivity index (χ2v) is 7.57. The number of hydrogen-bond donors (Lipinski definition) is 1. The SMILES string of the molecule is C[C@H](NC(=O)[C@@H](C)Sc1nnc2n1CCCCC2)c1ccccc1. The maximum Gasteiger partial charge on any atom is 0.233 e. The fourth-order valence-corrected chi connectivity index (χ4v) is 3.82. The highest BCUT2D eigenvalue weighted by atomic mass is 32.2. The maximum absolute atomic E-state index is 12.5. The highest BCUT2D eigenvalue weighted by molar-refractivity contribution is 8.00. The highest BCUT2D eigenvalue weighted by Crippen LogP contribution is 2.25. The number of nitrogens with one attached hydrogen (secondary N) is 1. The zero-order valence-corrected chi connectivity index (χ0v) is 15.1. The van der Waals surface area contributed by atoms with Gasteiger partial charge in [0.1, 0.15) is 5.82 Å². The topological polar surface area (TPSA) is 59.8 Å². The Hall–Kier alpha value is -1.82. The van der Waals surface area contributed by atoms with Crippen LogP contribution < -0.4 is 5.32 Å². The van der Waals surface area contributed by atoms with E-state index in [9.17, 15) is 4.79 Å². The third-order valence-electron chi connectivity index (χ3n) is 4.39. The number of hydrogen-bond acceptors (Lipinski definition) is 4. The third-order valence-corrected chi connectivity index (χ3v) is 5.47. The van der Waals surface area contributed by atoms with Crippen LogP contribution in [-0.4, -0.2) is 25.9 Å². The normalized spacial score (nSPS) is 16.8. The first kappa shape index (κ1) is 17.0. The number of aryl methyl sites for hydroxylation is 1. The summed E-state index contributed by atoms with van der Waals surface area (Å²) in [5, 5.41) is 12.3. The molecule has 0 unspecified atom stereocenters. The molecule has 2 aromatic rings. The molecule has 0 saturated heterocycles. The summed E-state index contributed by atoms with van der Waals surface area (Å²) in [4.78, 5) is 12.5. The molecule has 0 bridgehead atoms. The molecule has 24 heavy (non-hydrogen) atoms. The van der Waals surface area contributed by atoms with E-state index >= 15 is 0 Å². The van der Waals surface area contributed by atoms with E-state index in [0.29, 0.717) is 0 Å². The van der Waals surface area contributed by atoms with Gasteiger partial charge in [-0.25, -0.2) is 0 Å². The van der Waals surface area contributed by atoms with E-state index < -0.39 is 0 Å². The van der Waals surface area contributed by atoms with Gasteiger partial charge in [-0.1, -0.05) is 48.5 Å². The van der Waals surface area contributed by atoms with Crippen molar-refractivity contribution in [3.05, 3.63) is 41.7 Å². The molecule has 0 fully saturated rings. The van der Waals surface area contributed by atoms with Gasteiger partial charge in [0.25, 0.3) is 0 Å². The fraction of sp³-hybridized carbons (Fsp3) is 0.500. The number of aromatic nitrogens is 3. The van der Waals surface area contributed by atoms with Crippen molar-refractivity contribution >= 4 is 17.7 Å². The predicted octanol–water partition coefficient (Wildman–Crippen LogP) is 3.36. The molecule has 0 radical (unpaired) electrons. The number of rotatable bonds is 5. The van der Waals surface area contributed by atoms with Gasteiger partial charge in [-0.15, -0.1) is 10.2 Å². The standard InChI is InChI=1S/C18H24N4OS/c1-13(15-9-5-3-6-10-15)19-17(23)14(2)24-18-21-20-16-11-7-4-8-12-22(16)18/h3,5-6,9-10,13-14H,4,7-8,11-12H2,1-2H3,(H,19,23)/t13-,14+/m0/s1. The number of carbonyl (C=O) groups is 1. The lowest BCUT2D eigenvalue weighted by molar-refractivity contribution is -0.120. The minimum absolute atomic E-state index is 0.00253. The van der Waals surface area contributed by atoms with Gasteiger partial charge in [-0.2, -0.15) is 0 Å². The van der Waals surface area contributed by atoms with Crippen LogP contribution in [0.5, 0.6) is 0 Å². The average Bonchev–Trinajstić information content (AvgIpc) is 2.82. The number of carbonyl (C=O) groups excluding carboxylic acids is 1. The first-order chi connectivity index (χ1) is 11.6. The zero-order chi connectivity index (χ0) is 16.9. The lowest BCUT2D eigenvalue weighted by atomic mass is 10.1. The van der Waals surface area contributed by atoms with Gasteiger partial charge in [0.15, 0.2) is 5.16 Å². The third kappa shape index (κ3) is 3.98. The molecule has 5 nitrogen and oxygen atoms in total. The average molecular weight is 344 g/mol. The number of nitrogens with zero attached hydrogens (tertiary/aromatic N) is 3. The van der Waals surface area contributed by atoms with Gasteiger partial charge in [0.2, 0.25) is 5.91 Å². The van der Waals surface area contributed by atoms with E-state index in [4.69, 9.17) is 0 Å². The summed E-state index contributed by atoms with van der Waals surface area (Å²) in [6, 6.07) is 10.0. The van der Waals surface area contributed by atoms with Crippen LogP contribution in [0.25, 0.3) is 0 Å². The first-order valence-electron chi connectivity index (χ1n) is 8.59. The lowest BCUT2D eigenvalue weighted by Gasteiger charge is -2.17. The molecule has 3 rings (SSSR count). The number of thioether (sulfide) groups is 1. The Kier molecular flexibility index (Phi) is 5.56. The van der Waals surface area contributed by atoms with E-state index in [1.54, 1.807) is 0 Å². The number of amides is 1. The number of fused-ring (bicyclic) bond motifs is 1. The lowest BCUT2D eigenvalue weighted by Crippen LogP contribution is -2.33. The second-order valence-electron chi connectivity index (χ2n) is 6.26. The molecule has 128 valence electrons. The van der Waals surface area contributed by atoms with Crippen LogP contribution in [0.4, 0.5) is 0 Å². The molecule has 1 aliphatic rings. The van der Waals surface area contributed by atoms with Crippen molar-refractivity contribution in [2.45, 2.75) is 62.5 Å². The molecule has 1 N–H and O–H groups in total. The van der Waals surface area contributed by atoms with Crippen LogP contribution in [0, 0.1) is 0 Å². The Morgan fingerprint density at radius 1 is 1.17 bits per heavy atom. The van der Waals surface area contributed by atoms with Gasteiger partial charge in [0.05, 0.1) is 11.3 Å². The Labute approximate surface area is 147 Å². The van der Waals surface area contributed by atoms with E-state index in [0.717, 1.165) is 35.9 Å². The Morgan fingerprint density at radius 3 is 2.75 bits per heavy atom. The van der Waals surface area contributed by atoms with Crippen LogP contribution in [0.1, 0.15) is 50.5 Å². The molecule has 1 amide bonds. The number of benzene rings is 1. The summed E-state index contributed by atoms with van der Waals surface area (Å²) in [6.45, 7) is 4.89. The van der Waals surface area contributed by atoms with Gasteiger partial charge in [-0.05, 0) is 32.3 Å². The predicted molar refractivity (Wildman–Crippen MR) is 95.9 cm³/mol. The van der Waals surface area contributed by atoms with Crippen LogP contribution in [0.2, 0.25) is 0 Å². The van der Waals surface area contributed by atoms with Crippen molar-refractivity contribution in [2.75, 3.05) is 0 Å². The minimum Gasteiger partial charge on any atom is -0.349 e. The van der Waals surface area contributed by atoms with Crippen molar-refractivity contribution in [2.24, 2.45) is 0 Å². The van der Waals surface area contributed by atoms with Crippen molar-refractivity contribution in [3.63, 3.8) is 0 Å². The second kappa shape index (κ2) is 7.83. The summed E-state index contributed by atoms with van der Waals surface area (Å²) < 4.78 is 2.18. The van der Waals surface area contributed by atoms with E-state index in [-0.39, 0.29) is 17.2 Å². The van der Waals surface area contributed by atoms with E-state index in [1.807, 2.05) is 44.2 Å². The molecular formula is C18H24N4OS. The van der Waals surface area contributed by atoms with E-state index in [1.165, 1.54) is 24.6 Å². The zero-order valence-electron chi connectivity index (χ0n) is 14.2. The van der Waals surface area contributed by atoms with Gasteiger partial charge >= 0.3 is 0 Å². The van der Waals surface area contributed by atoms with Gasteiger partial charge in [0, 0.05) is 13.0 Å². The summed E-state index contributed by atoms with van der Waals surface area (Å²) in [5.41, 5.74) is 1.11. The molecular weight excluding hydrogens is 320 g/mol. The summed E-state index contributed by atoms with van der Waals surface area (Å²) in [7, 11) is 0. The summed E-state index contributed by atoms with van der Waals surface area (Å²) in [5.74, 6) is 1.09. The van der Waals surface area contributed by atoms with Crippen LogP contribution in [0.15, 0.2) is 35.5 Å². The minimum atomic E-state index is -0.201. The van der Waals surface area contributed by atoms with Crippen LogP contribution >= 0.6 is 11.8 Å². The van der Waals surface area contributed by atoms with Crippen LogP contribution in [-0.2, 0) is 17.8 Å². The van der Waals surface area contributed by atoms with Crippen molar-refractivity contribution in [1.82, 2.24) is 20.1 Å². The molecule has 1 aromatic heterocycles. The van der Waals surface area contributed by atoms with E-state index in [2.05, 4.69) is 20.1 Å².